The van der Waals surface area contributed by atoms with Gasteiger partial charge in [0.05, 0.1) is 6.61 Å². The number of aliphatic hydroxyl groups is 1. The molecule has 0 aliphatic rings. The minimum absolute atomic E-state index is 0.0718. The number of aliphatic hydroxyl groups excluding tert-OH is 1. The Hall–Kier alpha value is -0.570. The lowest BCUT2D eigenvalue weighted by molar-refractivity contribution is -0.148. The third kappa shape index (κ3) is 7.78. The molecule has 0 aliphatic heterocycles. The first kappa shape index (κ1) is 12.4. The molecule has 78 valence electrons. The highest BCUT2D eigenvalue weighted by Gasteiger charge is 2.10. The molecule has 0 bridgehead atoms. The number of esters is 1. The Kier molecular flexibility index (Phi) is 6.59. The Morgan fingerprint density at radius 3 is 2.38 bits per heavy atom. The van der Waals surface area contributed by atoms with Crippen LogP contribution in [-0.2, 0) is 9.53 Å². The van der Waals surface area contributed by atoms with Crippen molar-refractivity contribution in [2.45, 2.75) is 46.1 Å². The van der Waals surface area contributed by atoms with Gasteiger partial charge in [0.2, 0.25) is 0 Å². The fourth-order valence-corrected chi connectivity index (χ4v) is 1.18. The molecule has 0 aliphatic carbocycles. The largest absolute Gasteiger partial charge is 0.460 e. The van der Waals surface area contributed by atoms with Gasteiger partial charge in [-0.3, -0.25) is 4.79 Å². The highest BCUT2D eigenvalue weighted by molar-refractivity contribution is 5.66. The van der Waals surface area contributed by atoms with E-state index in [1.807, 2.05) is 0 Å². The lowest BCUT2D eigenvalue weighted by Gasteiger charge is -2.14. The highest BCUT2D eigenvalue weighted by atomic mass is 16.5. The number of rotatable bonds is 6. The maximum Gasteiger partial charge on any atom is 0.302 e. The lowest BCUT2D eigenvalue weighted by Crippen LogP contribution is -2.20. The first-order valence-electron chi connectivity index (χ1n) is 4.84. The van der Waals surface area contributed by atoms with Gasteiger partial charge in [0.15, 0.2) is 0 Å². The Labute approximate surface area is 80.1 Å². The van der Waals surface area contributed by atoms with Crippen LogP contribution in [0.3, 0.4) is 0 Å². The zero-order chi connectivity index (χ0) is 10.3. The maximum absolute atomic E-state index is 10.6. The number of hydrogen-bond acceptors (Lipinski definition) is 3. The molecular weight excluding hydrogens is 168 g/mol. The van der Waals surface area contributed by atoms with Crippen LogP contribution in [0.15, 0.2) is 0 Å². The molecule has 0 aromatic rings. The van der Waals surface area contributed by atoms with E-state index < -0.39 is 0 Å². The van der Waals surface area contributed by atoms with Crippen molar-refractivity contribution in [3.63, 3.8) is 0 Å². The highest BCUT2D eigenvalue weighted by Crippen LogP contribution is 2.10. The summed E-state index contributed by atoms with van der Waals surface area (Å²) < 4.78 is 4.89. The zero-order valence-electron chi connectivity index (χ0n) is 8.75. The van der Waals surface area contributed by atoms with Crippen LogP contribution in [0, 0.1) is 5.92 Å². The molecule has 0 aromatic carbocycles. The fourth-order valence-electron chi connectivity index (χ4n) is 1.18. The van der Waals surface area contributed by atoms with Gasteiger partial charge < -0.3 is 9.84 Å². The molecule has 1 N–H and O–H groups in total. The summed E-state index contributed by atoms with van der Waals surface area (Å²) in [6, 6.07) is 0. The molecule has 0 saturated carbocycles. The lowest BCUT2D eigenvalue weighted by atomic mass is 10.0. The molecule has 0 aromatic heterocycles. The van der Waals surface area contributed by atoms with E-state index >= 15 is 0 Å². The molecule has 0 heterocycles. The summed E-state index contributed by atoms with van der Waals surface area (Å²) in [4.78, 5) is 10.6. The second kappa shape index (κ2) is 6.89. The van der Waals surface area contributed by atoms with Gasteiger partial charge in [-0.2, -0.15) is 0 Å². The van der Waals surface area contributed by atoms with Crippen LogP contribution >= 0.6 is 0 Å². The van der Waals surface area contributed by atoms with Gasteiger partial charge in [0, 0.05) is 6.92 Å². The second-order valence-corrected chi connectivity index (χ2v) is 3.74. The summed E-state index contributed by atoms with van der Waals surface area (Å²) >= 11 is 0. The standard InChI is InChI=1S/C10H20O3/c1-8(2)5-4-6-10(7-11)13-9(3)12/h8,10-11H,4-7H2,1-3H3. The third-order valence-corrected chi connectivity index (χ3v) is 1.84. The molecular formula is C10H20O3. The van der Waals surface area contributed by atoms with Crippen molar-refractivity contribution in [2.75, 3.05) is 6.61 Å². The number of carbonyl (C=O) groups is 1. The molecule has 0 rings (SSSR count). The maximum atomic E-state index is 10.6. The minimum atomic E-state index is -0.316. The van der Waals surface area contributed by atoms with Gasteiger partial charge in [0.1, 0.15) is 6.10 Å². The fraction of sp³-hybridized carbons (Fsp3) is 0.900. The quantitative estimate of drug-likeness (QED) is 0.646. The third-order valence-electron chi connectivity index (χ3n) is 1.84. The van der Waals surface area contributed by atoms with E-state index in [4.69, 9.17) is 9.84 Å². The van der Waals surface area contributed by atoms with Crippen LogP contribution in [0.4, 0.5) is 0 Å². The number of ether oxygens (including phenoxy) is 1. The molecule has 3 nitrogen and oxygen atoms in total. The average Bonchev–Trinajstić information content (AvgIpc) is 2.01. The Morgan fingerprint density at radius 1 is 1.38 bits per heavy atom. The van der Waals surface area contributed by atoms with Gasteiger partial charge in [-0.1, -0.05) is 20.3 Å². The number of hydrogen-bond donors (Lipinski definition) is 1. The van der Waals surface area contributed by atoms with E-state index in [1.54, 1.807) is 0 Å². The summed E-state index contributed by atoms with van der Waals surface area (Å²) in [5.74, 6) is 0.347. The molecule has 0 amide bonds. The summed E-state index contributed by atoms with van der Waals surface area (Å²) in [6.07, 6.45) is 2.55. The monoisotopic (exact) mass is 188 g/mol. The summed E-state index contributed by atoms with van der Waals surface area (Å²) in [7, 11) is 0. The molecule has 3 heteroatoms. The van der Waals surface area contributed by atoms with Crippen molar-refractivity contribution in [1.82, 2.24) is 0 Å². The zero-order valence-corrected chi connectivity index (χ0v) is 8.75. The van der Waals surface area contributed by atoms with E-state index in [0.717, 1.165) is 19.3 Å². The van der Waals surface area contributed by atoms with Gasteiger partial charge in [0.25, 0.3) is 0 Å². The summed E-state index contributed by atoms with van der Waals surface area (Å²) in [5.41, 5.74) is 0. The van der Waals surface area contributed by atoms with Gasteiger partial charge in [-0.25, -0.2) is 0 Å². The first-order chi connectivity index (χ1) is 6.06. The predicted molar refractivity (Wildman–Crippen MR) is 51.3 cm³/mol. The van der Waals surface area contributed by atoms with Crippen molar-refractivity contribution in [1.29, 1.82) is 0 Å². The van der Waals surface area contributed by atoms with E-state index in [2.05, 4.69) is 13.8 Å². The topological polar surface area (TPSA) is 46.5 Å². The molecule has 1 unspecified atom stereocenters. The second-order valence-electron chi connectivity index (χ2n) is 3.74. The Balaban J connectivity index is 3.53. The molecule has 0 saturated heterocycles. The van der Waals surface area contributed by atoms with Crippen LogP contribution in [0.5, 0.6) is 0 Å². The Morgan fingerprint density at radius 2 is 2.00 bits per heavy atom. The number of carbonyl (C=O) groups excluding carboxylic acids is 1. The van der Waals surface area contributed by atoms with Gasteiger partial charge >= 0.3 is 5.97 Å². The average molecular weight is 188 g/mol. The van der Waals surface area contributed by atoms with Crippen LogP contribution in [-0.4, -0.2) is 23.8 Å². The van der Waals surface area contributed by atoms with E-state index in [9.17, 15) is 4.79 Å². The van der Waals surface area contributed by atoms with E-state index in [0.29, 0.717) is 5.92 Å². The summed E-state index contributed by atoms with van der Waals surface area (Å²) in [5, 5.41) is 8.86. The predicted octanol–water partition coefficient (Wildman–Crippen LogP) is 1.74. The van der Waals surface area contributed by atoms with Crippen molar-refractivity contribution in [2.24, 2.45) is 5.92 Å². The first-order valence-corrected chi connectivity index (χ1v) is 4.84. The van der Waals surface area contributed by atoms with Crippen LogP contribution in [0.1, 0.15) is 40.0 Å². The van der Waals surface area contributed by atoms with Crippen LogP contribution in [0.2, 0.25) is 0 Å². The van der Waals surface area contributed by atoms with Crippen LogP contribution < -0.4 is 0 Å². The normalized spacial score (nSPS) is 13.0. The van der Waals surface area contributed by atoms with Crippen LogP contribution in [0.25, 0.3) is 0 Å². The van der Waals surface area contributed by atoms with E-state index in [1.165, 1.54) is 6.92 Å². The molecule has 1 atom stereocenters. The van der Waals surface area contributed by atoms with Crippen molar-refractivity contribution in [3.8, 4) is 0 Å². The molecule has 0 fully saturated rings. The SMILES string of the molecule is CC(=O)OC(CO)CCCC(C)C. The summed E-state index contributed by atoms with van der Waals surface area (Å²) in [6.45, 7) is 5.60. The minimum Gasteiger partial charge on any atom is -0.460 e. The van der Waals surface area contributed by atoms with E-state index in [-0.39, 0.29) is 18.7 Å². The Bertz CT molecular complexity index is 143. The van der Waals surface area contributed by atoms with Crippen molar-refractivity contribution < 1.29 is 14.6 Å². The molecule has 13 heavy (non-hydrogen) atoms. The van der Waals surface area contributed by atoms with Gasteiger partial charge in [-0.15, -0.1) is 0 Å². The van der Waals surface area contributed by atoms with Gasteiger partial charge in [-0.05, 0) is 18.8 Å². The smallest absolute Gasteiger partial charge is 0.302 e. The van der Waals surface area contributed by atoms with Crippen molar-refractivity contribution >= 4 is 5.97 Å². The molecule has 0 radical (unpaired) electrons. The van der Waals surface area contributed by atoms with Crippen molar-refractivity contribution in [3.05, 3.63) is 0 Å². The molecule has 0 spiro atoms.